The Kier molecular flexibility index (Phi) is 5.04. The Bertz CT molecular complexity index is 740. The van der Waals surface area contributed by atoms with E-state index in [0.717, 1.165) is 12.8 Å². The molecule has 1 aliphatic carbocycles. The largest absolute Gasteiger partial charge is 0.0999 e. The summed E-state index contributed by atoms with van der Waals surface area (Å²) in [6.45, 7) is 15.2. The molecular formula is C24H28. The minimum atomic E-state index is 0.389. The van der Waals surface area contributed by atoms with Gasteiger partial charge in [0.25, 0.3) is 0 Å². The van der Waals surface area contributed by atoms with Gasteiger partial charge in [-0.05, 0) is 58.7 Å². The lowest BCUT2D eigenvalue weighted by Gasteiger charge is -2.30. The van der Waals surface area contributed by atoms with E-state index in [4.69, 9.17) is 0 Å². The molecule has 1 aliphatic rings. The van der Waals surface area contributed by atoms with Crippen LogP contribution in [0.3, 0.4) is 0 Å². The molecule has 3 rings (SSSR count). The van der Waals surface area contributed by atoms with Gasteiger partial charge < -0.3 is 0 Å². The molecule has 0 heterocycles. The van der Waals surface area contributed by atoms with Crippen LogP contribution in [0.1, 0.15) is 56.6 Å². The van der Waals surface area contributed by atoms with Crippen LogP contribution in [0, 0.1) is 5.92 Å². The summed E-state index contributed by atoms with van der Waals surface area (Å²) in [6, 6.07) is 13.1. The zero-order valence-corrected chi connectivity index (χ0v) is 14.9. The first-order chi connectivity index (χ1) is 11.6. The van der Waals surface area contributed by atoms with Crippen molar-refractivity contribution in [3.8, 4) is 0 Å². The molecule has 0 heteroatoms. The Morgan fingerprint density at radius 1 is 0.917 bits per heavy atom. The van der Waals surface area contributed by atoms with Gasteiger partial charge in [-0.25, -0.2) is 0 Å². The first-order valence-electron chi connectivity index (χ1n) is 9.20. The highest BCUT2D eigenvalue weighted by atomic mass is 14.3. The van der Waals surface area contributed by atoms with Crippen LogP contribution < -0.4 is 0 Å². The van der Waals surface area contributed by atoms with E-state index in [0.29, 0.717) is 5.92 Å². The van der Waals surface area contributed by atoms with E-state index in [1.165, 1.54) is 64.3 Å². The highest BCUT2D eigenvalue weighted by molar-refractivity contribution is 6.07. The summed E-state index contributed by atoms with van der Waals surface area (Å²) in [4.78, 5) is 0. The van der Waals surface area contributed by atoms with E-state index in [1.807, 2.05) is 0 Å². The van der Waals surface area contributed by atoms with E-state index in [9.17, 15) is 0 Å². The number of hydrogen-bond donors (Lipinski definition) is 0. The third-order valence-electron chi connectivity index (χ3n) is 5.46. The van der Waals surface area contributed by atoms with Gasteiger partial charge >= 0.3 is 0 Å². The second-order valence-electron chi connectivity index (χ2n) is 7.02. The molecule has 0 N–H and O–H groups in total. The molecule has 0 fully saturated rings. The van der Waals surface area contributed by atoms with Gasteiger partial charge in [0, 0.05) is 5.92 Å². The minimum absolute atomic E-state index is 0.389. The van der Waals surface area contributed by atoms with Crippen LogP contribution in [0.5, 0.6) is 0 Å². The number of allylic oxidation sites excluding steroid dienone is 3. The predicted molar refractivity (Wildman–Crippen MR) is 108 cm³/mol. The Balaban J connectivity index is 1.72. The third kappa shape index (κ3) is 3.11. The first kappa shape index (κ1) is 16.8. The van der Waals surface area contributed by atoms with Gasteiger partial charge in [0.2, 0.25) is 0 Å². The first-order valence-corrected chi connectivity index (χ1v) is 9.20. The van der Waals surface area contributed by atoms with E-state index in [1.54, 1.807) is 0 Å². The average Bonchev–Trinajstić information content (AvgIpc) is 2.61. The van der Waals surface area contributed by atoms with E-state index in [2.05, 4.69) is 63.1 Å². The van der Waals surface area contributed by atoms with Gasteiger partial charge in [0.1, 0.15) is 0 Å². The fraction of sp³-hybridized carbons (Fsp3) is 0.333. The topological polar surface area (TPSA) is 0 Å². The summed E-state index contributed by atoms with van der Waals surface area (Å²) in [6.07, 6.45) is 7.19. The van der Waals surface area contributed by atoms with Crippen molar-refractivity contribution in [3.63, 3.8) is 0 Å². The summed E-state index contributed by atoms with van der Waals surface area (Å²) < 4.78 is 0. The van der Waals surface area contributed by atoms with Gasteiger partial charge in [0.15, 0.2) is 0 Å². The maximum absolute atomic E-state index is 4.44. The Morgan fingerprint density at radius 2 is 1.54 bits per heavy atom. The molecule has 0 nitrogen and oxygen atoms in total. The van der Waals surface area contributed by atoms with Crippen LogP contribution in [0.15, 0.2) is 61.7 Å². The van der Waals surface area contributed by atoms with Crippen molar-refractivity contribution in [1.29, 1.82) is 0 Å². The third-order valence-corrected chi connectivity index (χ3v) is 5.46. The summed E-state index contributed by atoms with van der Waals surface area (Å²) in [5.41, 5.74) is 6.52. The molecular weight excluding hydrogens is 288 g/mol. The van der Waals surface area contributed by atoms with Gasteiger partial charge in [-0.3, -0.25) is 0 Å². The molecule has 124 valence electrons. The Morgan fingerprint density at radius 3 is 2.12 bits per heavy atom. The van der Waals surface area contributed by atoms with Crippen molar-refractivity contribution in [2.75, 3.05) is 0 Å². The smallest absolute Gasteiger partial charge is 0.00899 e. The van der Waals surface area contributed by atoms with Crippen molar-refractivity contribution in [2.45, 2.75) is 45.4 Å². The molecule has 0 atom stereocenters. The molecule has 0 radical (unpaired) electrons. The van der Waals surface area contributed by atoms with Gasteiger partial charge in [-0.15, -0.1) is 0 Å². The second kappa shape index (κ2) is 7.21. The quantitative estimate of drug-likeness (QED) is 0.368. The fourth-order valence-electron chi connectivity index (χ4n) is 3.89. The van der Waals surface area contributed by atoms with Gasteiger partial charge in [-0.1, -0.05) is 81.5 Å². The van der Waals surface area contributed by atoms with Crippen molar-refractivity contribution in [3.05, 3.63) is 72.8 Å². The zero-order chi connectivity index (χ0) is 17.1. The lowest BCUT2D eigenvalue weighted by Crippen LogP contribution is -2.11. The molecule has 0 unspecified atom stereocenters. The molecule has 0 spiro atoms. The number of rotatable bonds is 7. The summed E-state index contributed by atoms with van der Waals surface area (Å²) >= 11 is 0. The van der Waals surface area contributed by atoms with Crippen molar-refractivity contribution in [2.24, 2.45) is 5.92 Å². The van der Waals surface area contributed by atoms with Crippen LogP contribution in [0.25, 0.3) is 21.9 Å². The SMILES string of the molecule is C=C(CC)CCCCCC1C(=C)c2cccc3cccc(c23)C1=C. The summed E-state index contributed by atoms with van der Waals surface area (Å²) in [5, 5.41) is 2.63. The Labute approximate surface area is 146 Å². The average molecular weight is 316 g/mol. The maximum atomic E-state index is 4.44. The van der Waals surface area contributed by atoms with E-state index < -0.39 is 0 Å². The van der Waals surface area contributed by atoms with E-state index in [-0.39, 0.29) is 0 Å². The van der Waals surface area contributed by atoms with Crippen molar-refractivity contribution in [1.82, 2.24) is 0 Å². The summed E-state index contributed by atoms with van der Waals surface area (Å²) in [5.74, 6) is 0.389. The van der Waals surface area contributed by atoms with Crippen LogP contribution in [0.2, 0.25) is 0 Å². The zero-order valence-electron chi connectivity index (χ0n) is 14.9. The highest BCUT2D eigenvalue weighted by Crippen LogP contribution is 2.46. The summed E-state index contributed by atoms with van der Waals surface area (Å²) in [7, 11) is 0. The molecule has 0 aliphatic heterocycles. The molecule has 0 amide bonds. The number of hydrogen-bond acceptors (Lipinski definition) is 0. The lowest BCUT2D eigenvalue weighted by atomic mass is 9.74. The standard InChI is InChI=1S/C24H28/c1-5-17(2)11-7-6-8-14-21-18(3)22-15-9-12-20-13-10-16-23(19(21)4)24(20)22/h9-10,12-13,15-16,21H,2-8,11,14H2,1H3. The van der Waals surface area contributed by atoms with Crippen LogP contribution >= 0.6 is 0 Å². The van der Waals surface area contributed by atoms with Crippen LogP contribution in [-0.4, -0.2) is 0 Å². The molecule has 0 saturated heterocycles. The molecule has 0 saturated carbocycles. The predicted octanol–water partition coefficient (Wildman–Crippen LogP) is 7.41. The highest BCUT2D eigenvalue weighted by Gasteiger charge is 2.26. The number of benzene rings is 2. The van der Waals surface area contributed by atoms with E-state index >= 15 is 0 Å². The normalized spacial score (nSPS) is 14.4. The van der Waals surface area contributed by atoms with Crippen molar-refractivity contribution < 1.29 is 0 Å². The Hall–Kier alpha value is -2.08. The molecule has 0 aromatic heterocycles. The minimum Gasteiger partial charge on any atom is -0.0999 e. The van der Waals surface area contributed by atoms with Crippen LogP contribution in [-0.2, 0) is 0 Å². The number of unbranched alkanes of at least 4 members (excludes halogenated alkanes) is 2. The van der Waals surface area contributed by atoms with Gasteiger partial charge in [0.05, 0.1) is 0 Å². The fourth-order valence-corrected chi connectivity index (χ4v) is 3.89. The monoisotopic (exact) mass is 316 g/mol. The second-order valence-corrected chi connectivity index (χ2v) is 7.02. The molecule has 2 aromatic rings. The van der Waals surface area contributed by atoms with Crippen LogP contribution in [0.4, 0.5) is 0 Å². The van der Waals surface area contributed by atoms with Crippen molar-refractivity contribution >= 4 is 21.9 Å². The maximum Gasteiger partial charge on any atom is 0.00899 e. The van der Waals surface area contributed by atoms with Gasteiger partial charge in [-0.2, -0.15) is 0 Å². The molecule has 24 heavy (non-hydrogen) atoms. The molecule has 0 bridgehead atoms. The molecule has 2 aromatic carbocycles. The lowest BCUT2D eigenvalue weighted by molar-refractivity contribution is 0.605.